The van der Waals surface area contributed by atoms with E-state index >= 15 is 0 Å². The summed E-state index contributed by atoms with van der Waals surface area (Å²) in [5, 5.41) is 14.6. The monoisotopic (exact) mass is 393 g/mol. The van der Waals surface area contributed by atoms with Gasteiger partial charge in [-0.3, -0.25) is 9.78 Å². The maximum absolute atomic E-state index is 12.6. The molecule has 29 heavy (non-hydrogen) atoms. The number of hydrogen-bond acceptors (Lipinski definition) is 4. The standard InChI is InChI=1S/C24H31N3O2/c1-3-27(4-2)23(28)22-12-11-20(18-26-22)21(19-9-6-5-7-10-19)17-24(29)13-8-15-25-16-14-24/h5-7,9-12,17-18,25,29H,3-4,8,13-16H2,1-2H3/b21-17+. The first-order valence-electron chi connectivity index (χ1n) is 10.5. The van der Waals surface area contributed by atoms with Crippen LogP contribution in [-0.2, 0) is 0 Å². The summed E-state index contributed by atoms with van der Waals surface area (Å²) in [5.74, 6) is -0.0553. The van der Waals surface area contributed by atoms with Crippen LogP contribution in [0.4, 0.5) is 0 Å². The Morgan fingerprint density at radius 1 is 1.10 bits per heavy atom. The lowest BCUT2D eigenvalue weighted by molar-refractivity contribution is 0.0765. The zero-order valence-corrected chi connectivity index (χ0v) is 17.4. The van der Waals surface area contributed by atoms with Crippen molar-refractivity contribution in [3.05, 3.63) is 71.6 Å². The molecular formula is C24H31N3O2. The zero-order chi connectivity index (χ0) is 20.7. The summed E-state index contributed by atoms with van der Waals surface area (Å²) in [7, 11) is 0. The first-order chi connectivity index (χ1) is 14.1. The summed E-state index contributed by atoms with van der Waals surface area (Å²) in [6, 6.07) is 13.8. The van der Waals surface area contributed by atoms with Gasteiger partial charge in [-0.05, 0) is 69.5 Å². The Morgan fingerprint density at radius 2 is 1.86 bits per heavy atom. The molecule has 0 radical (unpaired) electrons. The highest BCUT2D eigenvalue weighted by atomic mass is 16.3. The molecule has 5 nitrogen and oxygen atoms in total. The number of benzene rings is 1. The molecule has 1 aliphatic heterocycles. The van der Waals surface area contributed by atoms with E-state index in [2.05, 4.69) is 10.3 Å². The van der Waals surface area contributed by atoms with Gasteiger partial charge in [0.15, 0.2) is 0 Å². The van der Waals surface area contributed by atoms with Crippen LogP contribution in [0.1, 0.15) is 54.7 Å². The summed E-state index contributed by atoms with van der Waals surface area (Å²) >= 11 is 0. The third-order valence-corrected chi connectivity index (χ3v) is 5.54. The molecule has 0 bridgehead atoms. The van der Waals surface area contributed by atoms with Gasteiger partial charge in [0.1, 0.15) is 5.69 Å². The van der Waals surface area contributed by atoms with Gasteiger partial charge in [-0.1, -0.05) is 36.4 Å². The summed E-state index contributed by atoms with van der Waals surface area (Å²) in [6.45, 7) is 6.98. The van der Waals surface area contributed by atoms with Crippen molar-refractivity contribution in [2.24, 2.45) is 0 Å². The number of amides is 1. The molecular weight excluding hydrogens is 362 g/mol. The average Bonchev–Trinajstić information content (AvgIpc) is 2.98. The topological polar surface area (TPSA) is 65.5 Å². The van der Waals surface area contributed by atoms with Gasteiger partial charge in [0, 0.05) is 24.8 Å². The molecule has 0 saturated carbocycles. The molecule has 5 heteroatoms. The van der Waals surface area contributed by atoms with Gasteiger partial charge in [-0.2, -0.15) is 0 Å². The van der Waals surface area contributed by atoms with Crippen LogP contribution in [-0.4, -0.2) is 52.7 Å². The van der Waals surface area contributed by atoms with E-state index in [-0.39, 0.29) is 5.91 Å². The van der Waals surface area contributed by atoms with Gasteiger partial charge in [0.2, 0.25) is 0 Å². The van der Waals surface area contributed by atoms with Gasteiger partial charge in [0.05, 0.1) is 5.60 Å². The number of carbonyl (C=O) groups is 1. The summed E-state index contributed by atoms with van der Waals surface area (Å²) in [4.78, 5) is 18.8. The number of carbonyl (C=O) groups excluding carboxylic acids is 1. The fourth-order valence-corrected chi connectivity index (χ4v) is 3.79. The molecule has 2 heterocycles. The predicted octanol–water partition coefficient (Wildman–Crippen LogP) is 3.50. The maximum Gasteiger partial charge on any atom is 0.272 e. The first-order valence-corrected chi connectivity index (χ1v) is 10.5. The number of hydrogen-bond donors (Lipinski definition) is 2. The zero-order valence-electron chi connectivity index (χ0n) is 17.4. The van der Waals surface area contributed by atoms with E-state index in [4.69, 9.17) is 0 Å². The summed E-state index contributed by atoms with van der Waals surface area (Å²) in [5.41, 5.74) is 2.47. The smallest absolute Gasteiger partial charge is 0.272 e. The first kappa shape index (κ1) is 21.2. The van der Waals surface area contributed by atoms with E-state index in [0.717, 1.165) is 42.6 Å². The van der Waals surface area contributed by atoms with Crippen molar-refractivity contribution in [1.29, 1.82) is 0 Å². The van der Waals surface area contributed by atoms with E-state index < -0.39 is 5.60 Å². The SMILES string of the molecule is CCN(CC)C(=O)c1ccc(/C(=C/C2(O)CCCNCC2)c2ccccc2)cn1. The number of nitrogens with one attached hydrogen (secondary N) is 1. The second-order valence-electron chi connectivity index (χ2n) is 7.54. The number of aromatic nitrogens is 1. The molecule has 2 N–H and O–H groups in total. The van der Waals surface area contributed by atoms with Crippen molar-refractivity contribution in [2.45, 2.75) is 38.7 Å². The molecule has 1 saturated heterocycles. The van der Waals surface area contributed by atoms with Crippen molar-refractivity contribution in [3.63, 3.8) is 0 Å². The summed E-state index contributed by atoms with van der Waals surface area (Å²) in [6.07, 6.45) is 6.06. The molecule has 1 atom stereocenters. The van der Waals surface area contributed by atoms with Crippen molar-refractivity contribution in [3.8, 4) is 0 Å². The Hall–Kier alpha value is -2.50. The Balaban J connectivity index is 1.97. The molecule has 1 aromatic heterocycles. The third-order valence-electron chi connectivity index (χ3n) is 5.54. The van der Waals surface area contributed by atoms with Crippen LogP contribution in [0.15, 0.2) is 54.7 Å². The molecule has 1 aromatic carbocycles. The van der Waals surface area contributed by atoms with Crippen LogP contribution in [0.25, 0.3) is 5.57 Å². The van der Waals surface area contributed by atoms with Gasteiger partial charge in [-0.15, -0.1) is 0 Å². The molecule has 1 amide bonds. The Labute approximate surface area is 173 Å². The highest BCUT2D eigenvalue weighted by molar-refractivity contribution is 5.92. The van der Waals surface area contributed by atoms with E-state index in [9.17, 15) is 9.90 Å². The highest BCUT2D eigenvalue weighted by Crippen LogP contribution is 2.30. The minimum atomic E-state index is -0.857. The summed E-state index contributed by atoms with van der Waals surface area (Å²) < 4.78 is 0. The van der Waals surface area contributed by atoms with E-state index in [1.54, 1.807) is 17.2 Å². The van der Waals surface area contributed by atoms with Crippen molar-refractivity contribution >= 4 is 11.5 Å². The van der Waals surface area contributed by atoms with Crippen molar-refractivity contribution < 1.29 is 9.90 Å². The number of rotatable bonds is 6. The van der Waals surface area contributed by atoms with E-state index in [1.165, 1.54) is 0 Å². The van der Waals surface area contributed by atoms with Gasteiger partial charge < -0.3 is 15.3 Å². The second kappa shape index (κ2) is 9.81. The largest absolute Gasteiger partial charge is 0.386 e. The Bertz CT molecular complexity index is 819. The third kappa shape index (κ3) is 5.31. The predicted molar refractivity (Wildman–Crippen MR) is 117 cm³/mol. The van der Waals surface area contributed by atoms with Crippen LogP contribution < -0.4 is 5.32 Å². The van der Waals surface area contributed by atoms with Crippen molar-refractivity contribution in [2.75, 3.05) is 26.2 Å². The lowest BCUT2D eigenvalue weighted by Gasteiger charge is -2.24. The van der Waals surface area contributed by atoms with Crippen LogP contribution in [0.3, 0.4) is 0 Å². The molecule has 0 aliphatic carbocycles. The number of pyridine rings is 1. The highest BCUT2D eigenvalue weighted by Gasteiger charge is 2.27. The molecule has 3 rings (SSSR count). The van der Waals surface area contributed by atoms with Crippen LogP contribution in [0.5, 0.6) is 0 Å². The molecule has 0 spiro atoms. The number of nitrogens with zero attached hydrogens (tertiary/aromatic N) is 2. The molecule has 1 unspecified atom stereocenters. The van der Waals surface area contributed by atoms with Gasteiger partial charge in [-0.25, -0.2) is 0 Å². The van der Waals surface area contributed by atoms with E-state index in [1.807, 2.05) is 56.3 Å². The fraction of sp³-hybridized carbons (Fsp3) is 0.417. The average molecular weight is 394 g/mol. The Morgan fingerprint density at radius 3 is 2.52 bits per heavy atom. The van der Waals surface area contributed by atoms with Crippen LogP contribution >= 0.6 is 0 Å². The van der Waals surface area contributed by atoms with Gasteiger partial charge in [0.25, 0.3) is 5.91 Å². The normalized spacial score (nSPS) is 20.2. The maximum atomic E-state index is 12.6. The molecule has 154 valence electrons. The van der Waals surface area contributed by atoms with Crippen LogP contribution in [0.2, 0.25) is 0 Å². The second-order valence-corrected chi connectivity index (χ2v) is 7.54. The molecule has 1 fully saturated rings. The molecule has 1 aliphatic rings. The Kier molecular flexibility index (Phi) is 7.18. The minimum Gasteiger partial charge on any atom is -0.386 e. The van der Waals surface area contributed by atoms with Crippen LogP contribution in [0, 0.1) is 0 Å². The van der Waals surface area contributed by atoms with Gasteiger partial charge >= 0.3 is 0 Å². The van der Waals surface area contributed by atoms with E-state index in [0.29, 0.717) is 25.2 Å². The molecule has 2 aromatic rings. The lowest BCUT2D eigenvalue weighted by atomic mass is 9.88. The minimum absolute atomic E-state index is 0.0553. The fourth-order valence-electron chi connectivity index (χ4n) is 3.79. The number of aliphatic hydroxyl groups is 1. The van der Waals surface area contributed by atoms with Crippen molar-refractivity contribution in [1.82, 2.24) is 15.2 Å². The lowest BCUT2D eigenvalue weighted by Crippen LogP contribution is -2.31. The quantitative estimate of drug-likeness (QED) is 0.788.